The molecule has 9 heteroatoms. The van der Waals surface area contributed by atoms with Crippen LogP contribution in [0.25, 0.3) is 10.2 Å². The fourth-order valence-electron chi connectivity index (χ4n) is 2.31. The van der Waals surface area contributed by atoms with E-state index in [2.05, 4.69) is 15.0 Å². The molecule has 6 nitrogen and oxygen atoms in total. The number of thiazole rings is 1. The van der Waals surface area contributed by atoms with Crippen molar-refractivity contribution in [1.82, 2.24) is 9.71 Å². The van der Waals surface area contributed by atoms with Crippen LogP contribution in [-0.4, -0.2) is 25.4 Å². The summed E-state index contributed by atoms with van der Waals surface area (Å²) in [5.41, 5.74) is 1.82. The van der Waals surface area contributed by atoms with Crippen LogP contribution < -0.4 is 10.0 Å². The zero-order valence-corrected chi connectivity index (χ0v) is 15.6. The SMILES string of the molecule is Cc1ccc2nc(NC(=O)[C@H](C)NS(=O)(=O)c3ccccc3F)sc2c1. The third kappa shape index (κ3) is 3.90. The number of hydrogen-bond donors (Lipinski definition) is 2. The van der Waals surface area contributed by atoms with E-state index < -0.39 is 32.7 Å². The number of amides is 1. The number of anilines is 1. The molecule has 2 aromatic carbocycles. The average molecular weight is 393 g/mol. The van der Waals surface area contributed by atoms with E-state index in [1.54, 1.807) is 0 Å². The summed E-state index contributed by atoms with van der Waals surface area (Å²) in [4.78, 5) is 16.1. The Morgan fingerprint density at radius 3 is 2.69 bits per heavy atom. The van der Waals surface area contributed by atoms with Gasteiger partial charge in [-0.3, -0.25) is 4.79 Å². The van der Waals surface area contributed by atoms with Gasteiger partial charge in [0.25, 0.3) is 0 Å². The molecule has 0 radical (unpaired) electrons. The lowest BCUT2D eigenvalue weighted by Crippen LogP contribution is -2.41. The molecular weight excluding hydrogens is 377 g/mol. The van der Waals surface area contributed by atoms with Gasteiger partial charge in [-0.1, -0.05) is 29.5 Å². The first-order valence-corrected chi connectivity index (χ1v) is 10.0. The van der Waals surface area contributed by atoms with Crippen molar-refractivity contribution in [1.29, 1.82) is 0 Å². The fourth-order valence-corrected chi connectivity index (χ4v) is 4.56. The number of aryl methyl sites for hydroxylation is 1. The third-order valence-corrected chi connectivity index (χ3v) is 6.13. The van der Waals surface area contributed by atoms with Crippen LogP contribution in [0.4, 0.5) is 9.52 Å². The minimum Gasteiger partial charge on any atom is -0.301 e. The highest BCUT2D eigenvalue weighted by Crippen LogP contribution is 2.26. The number of halogens is 1. The van der Waals surface area contributed by atoms with Gasteiger partial charge in [0, 0.05) is 0 Å². The van der Waals surface area contributed by atoms with Crippen molar-refractivity contribution < 1.29 is 17.6 Å². The summed E-state index contributed by atoms with van der Waals surface area (Å²) < 4.78 is 41.3. The van der Waals surface area contributed by atoms with Crippen LogP contribution in [0.1, 0.15) is 12.5 Å². The van der Waals surface area contributed by atoms with Gasteiger partial charge in [0.1, 0.15) is 10.7 Å². The molecule has 1 heterocycles. The molecule has 0 bridgehead atoms. The number of fused-ring (bicyclic) bond motifs is 1. The summed E-state index contributed by atoms with van der Waals surface area (Å²) in [7, 11) is -4.16. The van der Waals surface area contributed by atoms with Gasteiger partial charge in [-0.25, -0.2) is 17.8 Å². The molecule has 1 amide bonds. The first kappa shape index (κ1) is 18.4. The molecule has 3 aromatic rings. The first-order chi connectivity index (χ1) is 12.3. The molecule has 0 aliphatic carbocycles. The van der Waals surface area contributed by atoms with E-state index in [4.69, 9.17) is 0 Å². The number of sulfonamides is 1. The minimum atomic E-state index is -4.16. The topological polar surface area (TPSA) is 88.2 Å². The summed E-state index contributed by atoms with van der Waals surface area (Å²) in [6.45, 7) is 3.34. The van der Waals surface area contributed by atoms with Gasteiger partial charge in [-0.15, -0.1) is 0 Å². The molecule has 0 aliphatic rings. The predicted molar refractivity (Wildman–Crippen MR) is 99.2 cm³/mol. The number of nitrogens with zero attached hydrogens (tertiary/aromatic N) is 1. The average Bonchev–Trinajstić information content (AvgIpc) is 2.95. The molecular formula is C17H16FN3O3S2. The summed E-state index contributed by atoms with van der Waals surface area (Å²) in [5.74, 6) is -1.46. The zero-order valence-electron chi connectivity index (χ0n) is 14.0. The zero-order chi connectivity index (χ0) is 18.9. The van der Waals surface area contributed by atoms with Gasteiger partial charge in [0.2, 0.25) is 15.9 Å². The maximum absolute atomic E-state index is 13.7. The molecule has 0 aliphatic heterocycles. The molecule has 3 rings (SSSR count). The highest BCUT2D eigenvalue weighted by molar-refractivity contribution is 7.89. The van der Waals surface area contributed by atoms with Crippen LogP contribution in [0.2, 0.25) is 0 Å². The molecule has 136 valence electrons. The monoisotopic (exact) mass is 393 g/mol. The minimum absolute atomic E-state index is 0.368. The van der Waals surface area contributed by atoms with Gasteiger partial charge in [-0.05, 0) is 43.7 Å². The highest BCUT2D eigenvalue weighted by Gasteiger charge is 2.25. The van der Waals surface area contributed by atoms with Crippen LogP contribution in [-0.2, 0) is 14.8 Å². The van der Waals surface area contributed by atoms with Crippen molar-refractivity contribution in [3.63, 3.8) is 0 Å². The normalized spacial score (nSPS) is 12.9. The number of aromatic nitrogens is 1. The predicted octanol–water partition coefficient (Wildman–Crippen LogP) is 3.05. The van der Waals surface area contributed by atoms with E-state index in [0.29, 0.717) is 5.13 Å². The summed E-state index contributed by atoms with van der Waals surface area (Å²) in [6.07, 6.45) is 0. The van der Waals surface area contributed by atoms with Crippen LogP contribution in [0.5, 0.6) is 0 Å². The summed E-state index contributed by atoms with van der Waals surface area (Å²) in [6, 6.07) is 9.59. The van der Waals surface area contributed by atoms with E-state index in [9.17, 15) is 17.6 Å². The van der Waals surface area contributed by atoms with Gasteiger partial charge < -0.3 is 5.32 Å². The van der Waals surface area contributed by atoms with Crippen molar-refractivity contribution in [2.24, 2.45) is 0 Å². The van der Waals surface area contributed by atoms with Gasteiger partial charge in [0.05, 0.1) is 16.3 Å². The van der Waals surface area contributed by atoms with Crippen molar-refractivity contribution >= 4 is 42.6 Å². The van der Waals surface area contributed by atoms with Crippen molar-refractivity contribution in [2.45, 2.75) is 24.8 Å². The molecule has 0 spiro atoms. The quantitative estimate of drug-likeness (QED) is 0.697. The molecule has 26 heavy (non-hydrogen) atoms. The summed E-state index contributed by atoms with van der Waals surface area (Å²) in [5, 5.41) is 2.96. The van der Waals surface area contributed by atoms with Crippen molar-refractivity contribution in [3.05, 3.63) is 53.8 Å². The third-order valence-electron chi connectivity index (χ3n) is 3.63. The van der Waals surface area contributed by atoms with E-state index >= 15 is 0 Å². The Kier molecular flexibility index (Phi) is 5.03. The first-order valence-electron chi connectivity index (χ1n) is 7.71. The Morgan fingerprint density at radius 2 is 1.96 bits per heavy atom. The van der Waals surface area contributed by atoms with E-state index in [0.717, 1.165) is 27.9 Å². The number of carbonyl (C=O) groups is 1. The second-order valence-corrected chi connectivity index (χ2v) is 8.47. The number of hydrogen-bond acceptors (Lipinski definition) is 5. The van der Waals surface area contributed by atoms with Gasteiger partial charge in [0.15, 0.2) is 5.13 Å². The standard InChI is InChI=1S/C17H16FN3O3S2/c1-10-7-8-13-14(9-10)25-17(19-13)20-16(22)11(2)21-26(23,24)15-6-4-3-5-12(15)18/h3-9,11,21H,1-2H3,(H,19,20,22)/t11-/m0/s1. The highest BCUT2D eigenvalue weighted by atomic mass is 32.2. The number of nitrogens with one attached hydrogen (secondary N) is 2. The number of carbonyl (C=O) groups excluding carboxylic acids is 1. The maximum Gasteiger partial charge on any atom is 0.244 e. The van der Waals surface area contributed by atoms with Crippen LogP contribution in [0.15, 0.2) is 47.4 Å². The van der Waals surface area contributed by atoms with Gasteiger partial charge >= 0.3 is 0 Å². The van der Waals surface area contributed by atoms with E-state index in [-0.39, 0.29) is 0 Å². The van der Waals surface area contributed by atoms with Crippen LogP contribution in [0, 0.1) is 12.7 Å². The lowest BCUT2D eigenvalue weighted by molar-refractivity contribution is -0.117. The lowest BCUT2D eigenvalue weighted by Gasteiger charge is -2.13. The Balaban J connectivity index is 1.74. The molecule has 0 unspecified atom stereocenters. The smallest absolute Gasteiger partial charge is 0.244 e. The van der Waals surface area contributed by atoms with Gasteiger partial charge in [-0.2, -0.15) is 4.72 Å². The maximum atomic E-state index is 13.7. The Hall–Kier alpha value is -2.36. The largest absolute Gasteiger partial charge is 0.301 e. The molecule has 1 atom stereocenters. The fraction of sp³-hybridized carbons (Fsp3) is 0.176. The van der Waals surface area contributed by atoms with Crippen LogP contribution >= 0.6 is 11.3 Å². The van der Waals surface area contributed by atoms with Crippen molar-refractivity contribution in [2.75, 3.05) is 5.32 Å². The number of rotatable bonds is 5. The van der Waals surface area contributed by atoms with E-state index in [1.807, 2.05) is 25.1 Å². The van der Waals surface area contributed by atoms with Crippen LogP contribution in [0.3, 0.4) is 0 Å². The van der Waals surface area contributed by atoms with Crippen molar-refractivity contribution in [3.8, 4) is 0 Å². The Bertz CT molecular complexity index is 1080. The Morgan fingerprint density at radius 1 is 1.23 bits per heavy atom. The Labute approximate surface area is 154 Å². The van der Waals surface area contributed by atoms with E-state index in [1.165, 1.54) is 30.4 Å². The second-order valence-electron chi connectivity index (χ2n) is 5.75. The summed E-state index contributed by atoms with van der Waals surface area (Å²) >= 11 is 1.29. The lowest BCUT2D eigenvalue weighted by atomic mass is 10.2. The number of benzene rings is 2. The molecule has 0 saturated carbocycles. The molecule has 2 N–H and O–H groups in total. The molecule has 0 saturated heterocycles. The molecule has 0 fully saturated rings. The second kappa shape index (κ2) is 7.10. The molecule has 1 aromatic heterocycles.